The lowest BCUT2D eigenvalue weighted by atomic mass is 9.78. The van der Waals surface area contributed by atoms with Crippen molar-refractivity contribution in [3.63, 3.8) is 0 Å². The zero-order valence-electron chi connectivity index (χ0n) is 13.0. The molecule has 1 unspecified atom stereocenters. The van der Waals surface area contributed by atoms with E-state index in [9.17, 15) is 4.79 Å². The number of ether oxygens (including phenoxy) is 1. The highest BCUT2D eigenvalue weighted by Gasteiger charge is 2.32. The molecule has 0 heterocycles. The zero-order valence-corrected chi connectivity index (χ0v) is 13.0. The highest BCUT2D eigenvalue weighted by atomic mass is 16.5. The van der Waals surface area contributed by atoms with E-state index in [1.54, 1.807) is 0 Å². The molecule has 1 N–H and O–H groups in total. The largest absolute Gasteiger partial charge is 0.463 e. The van der Waals surface area contributed by atoms with E-state index < -0.39 is 5.41 Å². The van der Waals surface area contributed by atoms with Gasteiger partial charge in [-0.3, -0.25) is 4.79 Å². The van der Waals surface area contributed by atoms with Crippen molar-refractivity contribution < 1.29 is 14.6 Å². The summed E-state index contributed by atoms with van der Waals surface area (Å²) in [7, 11) is 0. The first-order valence-electron chi connectivity index (χ1n) is 7.25. The van der Waals surface area contributed by atoms with Gasteiger partial charge in [0.15, 0.2) is 0 Å². The summed E-state index contributed by atoms with van der Waals surface area (Å²) in [6.45, 7) is 7.97. The summed E-state index contributed by atoms with van der Waals surface area (Å²) < 4.78 is 5.07. The van der Waals surface area contributed by atoms with Gasteiger partial charge in [-0.1, -0.05) is 36.8 Å². The van der Waals surface area contributed by atoms with Crippen molar-refractivity contribution in [3.8, 4) is 0 Å². The molecule has 0 aromatic heterocycles. The van der Waals surface area contributed by atoms with Crippen molar-refractivity contribution >= 4 is 5.97 Å². The lowest BCUT2D eigenvalue weighted by molar-refractivity contribution is -0.155. The summed E-state index contributed by atoms with van der Waals surface area (Å²) in [6, 6.07) is 8.49. The molecule has 0 aliphatic rings. The van der Waals surface area contributed by atoms with Crippen molar-refractivity contribution in [3.05, 3.63) is 35.4 Å². The van der Waals surface area contributed by atoms with Gasteiger partial charge < -0.3 is 9.84 Å². The number of esters is 1. The third-order valence-electron chi connectivity index (χ3n) is 3.68. The molecule has 112 valence electrons. The van der Waals surface area contributed by atoms with Gasteiger partial charge in [0.25, 0.3) is 0 Å². The van der Waals surface area contributed by atoms with Crippen LogP contribution in [0.5, 0.6) is 0 Å². The Balaban J connectivity index is 2.76. The van der Waals surface area contributed by atoms with Crippen molar-refractivity contribution in [1.82, 2.24) is 0 Å². The van der Waals surface area contributed by atoms with Gasteiger partial charge in [0.1, 0.15) is 6.61 Å². The Labute approximate surface area is 122 Å². The van der Waals surface area contributed by atoms with E-state index in [4.69, 9.17) is 9.84 Å². The maximum atomic E-state index is 12.0. The van der Waals surface area contributed by atoms with Gasteiger partial charge >= 0.3 is 5.97 Å². The van der Waals surface area contributed by atoms with Gasteiger partial charge in [0.05, 0.1) is 12.0 Å². The molecule has 20 heavy (non-hydrogen) atoms. The molecule has 1 aromatic carbocycles. The van der Waals surface area contributed by atoms with Crippen LogP contribution in [-0.4, -0.2) is 24.3 Å². The minimum absolute atomic E-state index is 0.0730. The van der Waals surface area contributed by atoms with Crippen LogP contribution in [-0.2, 0) is 9.53 Å². The molecule has 0 fully saturated rings. The predicted molar refractivity (Wildman–Crippen MR) is 80.7 cm³/mol. The van der Waals surface area contributed by atoms with Crippen molar-refractivity contribution in [2.75, 3.05) is 13.2 Å². The number of hydrogen-bond acceptors (Lipinski definition) is 3. The molecular weight excluding hydrogens is 252 g/mol. The molecule has 3 heteroatoms. The number of aryl methyl sites for hydroxylation is 1. The van der Waals surface area contributed by atoms with Crippen LogP contribution in [0.2, 0.25) is 0 Å². The summed E-state index contributed by atoms with van der Waals surface area (Å²) in [6.07, 6.45) is 1.73. The lowest BCUT2D eigenvalue weighted by Gasteiger charge is -2.27. The number of aliphatic hydroxyl groups excluding tert-OH is 1. The lowest BCUT2D eigenvalue weighted by Crippen LogP contribution is -2.29. The van der Waals surface area contributed by atoms with Crippen LogP contribution >= 0.6 is 0 Å². The summed E-state index contributed by atoms with van der Waals surface area (Å²) in [5.74, 6) is 0.101. The Kier molecular flexibility index (Phi) is 6.21. The van der Waals surface area contributed by atoms with Crippen molar-refractivity contribution in [2.24, 2.45) is 5.41 Å². The summed E-state index contributed by atoms with van der Waals surface area (Å²) in [4.78, 5) is 12.0. The van der Waals surface area contributed by atoms with Crippen LogP contribution in [0.1, 0.15) is 50.7 Å². The molecule has 0 radical (unpaired) electrons. The number of aliphatic hydroxyl groups is 1. The third-order valence-corrected chi connectivity index (χ3v) is 3.68. The second-order valence-corrected chi connectivity index (χ2v) is 5.96. The molecule has 1 atom stereocenters. The normalized spacial score (nSPS) is 13.1. The Morgan fingerprint density at radius 3 is 2.40 bits per heavy atom. The molecule has 0 aliphatic heterocycles. The molecule has 1 rings (SSSR count). The van der Waals surface area contributed by atoms with E-state index in [1.807, 2.05) is 13.8 Å². The van der Waals surface area contributed by atoms with E-state index in [1.165, 1.54) is 11.1 Å². The van der Waals surface area contributed by atoms with Crippen LogP contribution in [0.4, 0.5) is 0 Å². The van der Waals surface area contributed by atoms with E-state index in [-0.39, 0.29) is 19.2 Å². The van der Waals surface area contributed by atoms with Crippen LogP contribution in [0.3, 0.4) is 0 Å². The zero-order chi connectivity index (χ0) is 15.2. The molecule has 3 nitrogen and oxygen atoms in total. The first-order valence-corrected chi connectivity index (χ1v) is 7.25. The number of carbonyl (C=O) groups excluding carboxylic acids is 1. The topological polar surface area (TPSA) is 46.5 Å². The van der Waals surface area contributed by atoms with Crippen LogP contribution in [0.15, 0.2) is 24.3 Å². The molecule has 0 bridgehead atoms. The van der Waals surface area contributed by atoms with E-state index in [2.05, 4.69) is 38.1 Å². The van der Waals surface area contributed by atoms with Gasteiger partial charge in [-0.05, 0) is 45.1 Å². The fourth-order valence-corrected chi connectivity index (χ4v) is 2.37. The Bertz CT molecular complexity index is 420. The van der Waals surface area contributed by atoms with Gasteiger partial charge in [-0.25, -0.2) is 0 Å². The highest BCUT2D eigenvalue weighted by molar-refractivity contribution is 5.76. The van der Waals surface area contributed by atoms with Crippen LogP contribution in [0, 0.1) is 12.3 Å². The number of rotatable bonds is 7. The Hall–Kier alpha value is -1.35. The number of hydrogen-bond donors (Lipinski definition) is 1. The molecule has 0 spiro atoms. The number of benzene rings is 1. The smallest absolute Gasteiger partial charge is 0.311 e. The Morgan fingerprint density at radius 1 is 1.30 bits per heavy atom. The monoisotopic (exact) mass is 278 g/mol. The maximum absolute atomic E-state index is 12.0. The average Bonchev–Trinajstić information content (AvgIpc) is 2.43. The highest BCUT2D eigenvalue weighted by Crippen LogP contribution is 2.34. The quantitative estimate of drug-likeness (QED) is 0.777. The maximum Gasteiger partial charge on any atom is 0.311 e. The van der Waals surface area contributed by atoms with E-state index in [0.29, 0.717) is 5.92 Å². The van der Waals surface area contributed by atoms with Crippen molar-refractivity contribution in [2.45, 2.75) is 46.5 Å². The van der Waals surface area contributed by atoms with Gasteiger partial charge in [-0.15, -0.1) is 0 Å². The fraction of sp³-hybridized carbons (Fsp3) is 0.588. The molecule has 1 aromatic rings. The second kappa shape index (κ2) is 7.44. The second-order valence-electron chi connectivity index (χ2n) is 5.96. The van der Waals surface area contributed by atoms with Crippen LogP contribution in [0.25, 0.3) is 0 Å². The molecule has 0 aliphatic carbocycles. The SMILES string of the molecule is CCC(CC(C)(C)C(=O)OCCO)c1ccc(C)cc1. The first kappa shape index (κ1) is 16.7. The van der Waals surface area contributed by atoms with Gasteiger partial charge in [0, 0.05) is 0 Å². The predicted octanol–water partition coefficient (Wildman–Crippen LogP) is 3.44. The fourth-order valence-electron chi connectivity index (χ4n) is 2.37. The minimum Gasteiger partial charge on any atom is -0.463 e. The number of carbonyl (C=O) groups is 1. The molecular formula is C17H26O3. The van der Waals surface area contributed by atoms with E-state index in [0.717, 1.165) is 12.8 Å². The first-order chi connectivity index (χ1) is 9.40. The summed E-state index contributed by atoms with van der Waals surface area (Å²) in [5.41, 5.74) is 1.96. The average molecular weight is 278 g/mol. The standard InChI is InChI=1S/C17H26O3/c1-5-14(15-8-6-13(2)7-9-15)12-17(3,4)16(19)20-11-10-18/h6-9,14,18H,5,10-12H2,1-4H3. The minimum atomic E-state index is -0.541. The molecule has 0 saturated heterocycles. The van der Waals surface area contributed by atoms with Gasteiger partial charge in [-0.2, -0.15) is 0 Å². The van der Waals surface area contributed by atoms with Crippen LogP contribution < -0.4 is 0 Å². The summed E-state index contributed by atoms with van der Waals surface area (Å²) >= 11 is 0. The third kappa shape index (κ3) is 4.64. The van der Waals surface area contributed by atoms with E-state index >= 15 is 0 Å². The molecule has 0 amide bonds. The van der Waals surface area contributed by atoms with Crippen molar-refractivity contribution in [1.29, 1.82) is 0 Å². The Morgan fingerprint density at radius 2 is 1.90 bits per heavy atom. The van der Waals surface area contributed by atoms with Gasteiger partial charge in [0.2, 0.25) is 0 Å². The summed E-state index contributed by atoms with van der Waals surface area (Å²) in [5, 5.41) is 8.74. The molecule has 0 saturated carbocycles.